The predicted octanol–water partition coefficient (Wildman–Crippen LogP) is 2.30. The molecule has 0 saturated heterocycles. The molecule has 0 aliphatic heterocycles. The second-order valence-corrected chi connectivity index (χ2v) is 5.98. The van der Waals surface area contributed by atoms with Crippen molar-refractivity contribution in [3.63, 3.8) is 0 Å². The summed E-state index contributed by atoms with van der Waals surface area (Å²) in [5.74, 6) is 4.92. The molecule has 0 bridgehead atoms. The minimum atomic E-state index is -0.171. The lowest BCUT2D eigenvalue weighted by Crippen LogP contribution is -2.31. The number of carbonyl (C=O) groups excluding carboxylic acids is 1. The van der Waals surface area contributed by atoms with E-state index >= 15 is 0 Å². The molecule has 0 radical (unpaired) electrons. The number of benzene rings is 1. The van der Waals surface area contributed by atoms with Gasteiger partial charge in [0.2, 0.25) is 5.91 Å². The Morgan fingerprint density at radius 1 is 1.19 bits per heavy atom. The van der Waals surface area contributed by atoms with Crippen LogP contribution >= 0.6 is 11.3 Å². The summed E-state index contributed by atoms with van der Waals surface area (Å²) in [5, 5.41) is 2.11. The molecule has 1 amide bonds. The van der Waals surface area contributed by atoms with Gasteiger partial charge in [-0.1, -0.05) is 37.3 Å². The normalized spacial score (nSPS) is 10.8. The maximum absolute atomic E-state index is 11.2. The van der Waals surface area contributed by atoms with Crippen molar-refractivity contribution in [2.75, 3.05) is 6.54 Å². The van der Waals surface area contributed by atoms with E-state index in [2.05, 4.69) is 46.9 Å². The van der Waals surface area contributed by atoms with Crippen molar-refractivity contribution in [2.45, 2.75) is 26.4 Å². The number of nitrogens with two attached hydrogens (primary N) is 1. The maximum atomic E-state index is 11.2. The van der Waals surface area contributed by atoms with Crippen LogP contribution in [0.15, 0.2) is 41.8 Å². The van der Waals surface area contributed by atoms with Gasteiger partial charge in [-0.15, -0.1) is 11.3 Å². The van der Waals surface area contributed by atoms with E-state index in [-0.39, 0.29) is 5.91 Å². The molecule has 0 saturated carbocycles. The highest BCUT2D eigenvalue weighted by Gasteiger charge is 2.06. The molecule has 0 aliphatic carbocycles. The molecule has 112 valence electrons. The van der Waals surface area contributed by atoms with Crippen LogP contribution in [0.3, 0.4) is 0 Å². The van der Waals surface area contributed by atoms with Gasteiger partial charge in [0.05, 0.1) is 6.42 Å². The zero-order valence-corrected chi connectivity index (χ0v) is 13.0. The van der Waals surface area contributed by atoms with Gasteiger partial charge in [0.25, 0.3) is 0 Å². The quantitative estimate of drug-likeness (QED) is 0.469. The van der Waals surface area contributed by atoms with Crippen LogP contribution in [0, 0.1) is 0 Å². The van der Waals surface area contributed by atoms with E-state index in [9.17, 15) is 4.79 Å². The van der Waals surface area contributed by atoms with E-state index in [0.717, 1.165) is 25.2 Å². The Morgan fingerprint density at radius 2 is 1.90 bits per heavy atom. The fourth-order valence-corrected chi connectivity index (χ4v) is 2.91. The first-order valence-electron chi connectivity index (χ1n) is 7.03. The first-order valence-corrected chi connectivity index (χ1v) is 7.91. The van der Waals surface area contributed by atoms with Crippen LogP contribution in [0.1, 0.15) is 22.9 Å². The molecule has 21 heavy (non-hydrogen) atoms. The van der Waals surface area contributed by atoms with E-state index in [1.807, 2.05) is 12.1 Å². The number of carbonyl (C=O) groups is 1. The molecule has 0 aliphatic rings. The van der Waals surface area contributed by atoms with Crippen molar-refractivity contribution in [1.29, 1.82) is 0 Å². The zero-order valence-electron chi connectivity index (χ0n) is 12.2. The molecule has 1 aromatic carbocycles. The summed E-state index contributed by atoms with van der Waals surface area (Å²) in [6.45, 7) is 5.08. The number of nitrogens with one attached hydrogen (secondary N) is 1. The molecular formula is C16H21N3OS. The van der Waals surface area contributed by atoms with Crippen molar-refractivity contribution in [1.82, 2.24) is 10.3 Å². The third-order valence-electron chi connectivity index (χ3n) is 3.36. The molecule has 0 fully saturated rings. The van der Waals surface area contributed by atoms with Gasteiger partial charge < -0.3 is 0 Å². The van der Waals surface area contributed by atoms with E-state index in [1.165, 1.54) is 10.4 Å². The molecule has 0 spiro atoms. The van der Waals surface area contributed by atoms with Gasteiger partial charge in [-0.2, -0.15) is 0 Å². The SMILES string of the molecule is CCN(Cc1ccc(CC(=O)NN)cc1)Cc1cccs1. The maximum Gasteiger partial charge on any atom is 0.238 e. The van der Waals surface area contributed by atoms with Crippen molar-refractivity contribution in [2.24, 2.45) is 5.84 Å². The Labute approximate surface area is 129 Å². The monoisotopic (exact) mass is 303 g/mol. The number of thiophene rings is 1. The summed E-state index contributed by atoms with van der Waals surface area (Å²) < 4.78 is 0. The minimum Gasteiger partial charge on any atom is -0.294 e. The van der Waals surface area contributed by atoms with Crippen LogP contribution in [0.2, 0.25) is 0 Å². The van der Waals surface area contributed by atoms with Crippen molar-refractivity contribution < 1.29 is 4.79 Å². The Balaban J connectivity index is 1.93. The van der Waals surface area contributed by atoms with Crippen LogP contribution in [0.25, 0.3) is 0 Å². The molecule has 4 nitrogen and oxygen atoms in total. The molecule has 2 aromatic rings. The number of hydrazine groups is 1. The van der Waals surface area contributed by atoms with E-state index < -0.39 is 0 Å². The van der Waals surface area contributed by atoms with E-state index in [4.69, 9.17) is 5.84 Å². The number of hydrogen-bond donors (Lipinski definition) is 2. The van der Waals surface area contributed by atoms with Crippen LogP contribution in [0.4, 0.5) is 0 Å². The van der Waals surface area contributed by atoms with Crippen LogP contribution < -0.4 is 11.3 Å². The second-order valence-electron chi connectivity index (χ2n) is 4.94. The zero-order chi connectivity index (χ0) is 15.1. The molecule has 0 atom stereocenters. The molecule has 1 heterocycles. The standard InChI is InChI=1S/C16H21N3OS/c1-2-19(12-15-4-3-9-21-15)11-14-7-5-13(6-8-14)10-16(20)18-17/h3-9H,2,10-12,17H2,1H3,(H,18,20). The summed E-state index contributed by atoms with van der Waals surface area (Å²) in [6.07, 6.45) is 0.323. The number of nitrogens with zero attached hydrogens (tertiary/aromatic N) is 1. The van der Waals surface area contributed by atoms with Crippen molar-refractivity contribution in [3.8, 4) is 0 Å². The fourth-order valence-electron chi connectivity index (χ4n) is 2.16. The summed E-state index contributed by atoms with van der Waals surface area (Å²) >= 11 is 1.79. The molecule has 1 aromatic heterocycles. The molecule has 2 rings (SSSR count). The van der Waals surface area contributed by atoms with Gasteiger partial charge >= 0.3 is 0 Å². The van der Waals surface area contributed by atoms with E-state index in [0.29, 0.717) is 6.42 Å². The fraction of sp³-hybridized carbons (Fsp3) is 0.312. The predicted molar refractivity (Wildman–Crippen MR) is 86.6 cm³/mol. The molecule has 0 unspecified atom stereocenters. The van der Waals surface area contributed by atoms with Crippen LogP contribution in [-0.4, -0.2) is 17.4 Å². The summed E-state index contributed by atoms with van der Waals surface area (Å²) in [7, 11) is 0. The average molecular weight is 303 g/mol. The number of amides is 1. The van der Waals surface area contributed by atoms with Gasteiger partial charge in [-0.05, 0) is 29.1 Å². The average Bonchev–Trinajstić information content (AvgIpc) is 3.01. The first kappa shape index (κ1) is 15.7. The second kappa shape index (κ2) is 7.93. The first-order chi connectivity index (χ1) is 10.2. The Kier molecular flexibility index (Phi) is 5.92. The summed E-state index contributed by atoms with van der Waals surface area (Å²) in [5.41, 5.74) is 4.38. The number of rotatable bonds is 7. The van der Waals surface area contributed by atoms with Crippen LogP contribution in [-0.2, 0) is 24.3 Å². The number of hydrogen-bond acceptors (Lipinski definition) is 4. The van der Waals surface area contributed by atoms with Gasteiger partial charge in [-0.3, -0.25) is 15.1 Å². The highest BCUT2D eigenvalue weighted by atomic mass is 32.1. The van der Waals surface area contributed by atoms with Crippen molar-refractivity contribution in [3.05, 3.63) is 57.8 Å². The lowest BCUT2D eigenvalue weighted by molar-refractivity contribution is -0.120. The van der Waals surface area contributed by atoms with Gasteiger partial charge in [0, 0.05) is 18.0 Å². The minimum absolute atomic E-state index is 0.171. The Bertz CT molecular complexity index is 551. The highest BCUT2D eigenvalue weighted by Crippen LogP contribution is 2.14. The third kappa shape index (κ3) is 4.97. The molecular weight excluding hydrogens is 282 g/mol. The van der Waals surface area contributed by atoms with Gasteiger partial charge in [0.1, 0.15) is 0 Å². The van der Waals surface area contributed by atoms with E-state index in [1.54, 1.807) is 11.3 Å². The molecule has 3 N–H and O–H groups in total. The van der Waals surface area contributed by atoms with Gasteiger partial charge in [-0.25, -0.2) is 5.84 Å². The largest absolute Gasteiger partial charge is 0.294 e. The highest BCUT2D eigenvalue weighted by molar-refractivity contribution is 7.09. The lowest BCUT2D eigenvalue weighted by Gasteiger charge is -2.19. The smallest absolute Gasteiger partial charge is 0.238 e. The summed E-state index contributed by atoms with van der Waals surface area (Å²) in [4.78, 5) is 15.0. The Hall–Kier alpha value is -1.69. The summed E-state index contributed by atoms with van der Waals surface area (Å²) in [6, 6.07) is 12.4. The third-order valence-corrected chi connectivity index (χ3v) is 4.22. The lowest BCUT2D eigenvalue weighted by atomic mass is 10.1. The van der Waals surface area contributed by atoms with Gasteiger partial charge in [0.15, 0.2) is 0 Å². The Morgan fingerprint density at radius 3 is 2.48 bits per heavy atom. The van der Waals surface area contributed by atoms with Crippen LogP contribution in [0.5, 0.6) is 0 Å². The topological polar surface area (TPSA) is 58.4 Å². The molecule has 5 heteroatoms. The van der Waals surface area contributed by atoms with Crippen molar-refractivity contribution >= 4 is 17.2 Å².